The highest BCUT2D eigenvalue weighted by Crippen LogP contribution is 2.19. The summed E-state index contributed by atoms with van der Waals surface area (Å²) in [5, 5.41) is 5.40. The average molecular weight is 340 g/mol. The van der Waals surface area contributed by atoms with Crippen molar-refractivity contribution in [1.82, 2.24) is 5.32 Å². The van der Waals surface area contributed by atoms with E-state index in [0.717, 1.165) is 27.9 Å². The number of ether oxygens (including phenoxy) is 1. The second kappa shape index (κ2) is 8.33. The minimum absolute atomic E-state index is 0.0945. The van der Waals surface area contributed by atoms with Gasteiger partial charge in [-0.25, -0.2) is 0 Å². The molecular weight excluding hydrogens is 316 g/mol. The van der Waals surface area contributed by atoms with Gasteiger partial charge in [0, 0.05) is 5.69 Å². The summed E-state index contributed by atoms with van der Waals surface area (Å²) in [6, 6.07) is 11.6. The Morgan fingerprint density at radius 3 is 2.28 bits per heavy atom. The summed E-state index contributed by atoms with van der Waals surface area (Å²) in [6.07, 6.45) is 0. The van der Waals surface area contributed by atoms with Crippen LogP contribution in [0.25, 0.3) is 0 Å². The number of anilines is 1. The summed E-state index contributed by atoms with van der Waals surface area (Å²) in [5.41, 5.74) is 4.78. The maximum atomic E-state index is 12.0. The van der Waals surface area contributed by atoms with Crippen LogP contribution in [-0.2, 0) is 9.59 Å². The molecule has 0 spiro atoms. The Balaban J connectivity index is 1.81. The predicted molar refractivity (Wildman–Crippen MR) is 99.0 cm³/mol. The van der Waals surface area contributed by atoms with Crippen LogP contribution in [0.15, 0.2) is 36.4 Å². The Morgan fingerprint density at radius 2 is 1.60 bits per heavy atom. The predicted octanol–water partition coefficient (Wildman–Crippen LogP) is 3.05. The Morgan fingerprint density at radius 1 is 0.920 bits per heavy atom. The number of hydrogen-bond acceptors (Lipinski definition) is 3. The van der Waals surface area contributed by atoms with Crippen LogP contribution in [0.1, 0.15) is 22.3 Å². The van der Waals surface area contributed by atoms with Gasteiger partial charge in [0.15, 0.2) is 6.61 Å². The number of benzene rings is 2. The van der Waals surface area contributed by atoms with E-state index in [1.807, 2.05) is 64.1 Å². The van der Waals surface area contributed by atoms with E-state index >= 15 is 0 Å². The Kier molecular flexibility index (Phi) is 6.17. The van der Waals surface area contributed by atoms with Crippen LogP contribution in [0.2, 0.25) is 0 Å². The van der Waals surface area contributed by atoms with Crippen molar-refractivity contribution in [3.05, 3.63) is 58.7 Å². The number of hydrogen-bond donors (Lipinski definition) is 2. The van der Waals surface area contributed by atoms with Crippen LogP contribution in [0.4, 0.5) is 5.69 Å². The fraction of sp³-hybridized carbons (Fsp3) is 0.300. The lowest BCUT2D eigenvalue weighted by atomic mass is 10.1. The van der Waals surface area contributed by atoms with Gasteiger partial charge in [-0.1, -0.05) is 30.3 Å². The third-order valence-electron chi connectivity index (χ3n) is 3.89. The van der Waals surface area contributed by atoms with E-state index < -0.39 is 0 Å². The molecule has 2 amide bonds. The van der Waals surface area contributed by atoms with Gasteiger partial charge in [-0.15, -0.1) is 0 Å². The Labute approximate surface area is 148 Å². The Bertz CT molecular complexity index is 764. The van der Waals surface area contributed by atoms with Crippen LogP contribution < -0.4 is 15.4 Å². The molecule has 0 aromatic heterocycles. The van der Waals surface area contributed by atoms with Crippen LogP contribution >= 0.6 is 0 Å². The number of rotatable bonds is 6. The minimum atomic E-state index is -0.336. The van der Waals surface area contributed by atoms with E-state index in [2.05, 4.69) is 10.6 Å². The maximum absolute atomic E-state index is 12.0. The molecule has 0 saturated carbocycles. The molecule has 0 aliphatic heterocycles. The molecule has 132 valence electrons. The van der Waals surface area contributed by atoms with E-state index in [-0.39, 0.29) is 25.0 Å². The number of aryl methyl sites for hydroxylation is 4. The second-order valence-corrected chi connectivity index (χ2v) is 6.15. The zero-order chi connectivity index (χ0) is 18.4. The molecule has 2 rings (SSSR count). The molecule has 2 aromatic carbocycles. The van der Waals surface area contributed by atoms with E-state index in [1.165, 1.54) is 0 Å². The highest BCUT2D eigenvalue weighted by atomic mass is 16.5. The zero-order valence-corrected chi connectivity index (χ0v) is 15.1. The molecule has 0 aliphatic carbocycles. The van der Waals surface area contributed by atoms with Gasteiger partial charge in [0.1, 0.15) is 5.75 Å². The third kappa shape index (κ3) is 5.35. The van der Waals surface area contributed by atoms with Crippen molar-refractivity contribution in [2.24, 2.45) is 0 Å². The lowest BCUT2D eigenvalue weighted by Crippen LogP contribution is -2.36. The molecule has 0 unspecified atom stereocenters. The van der Waals surface area contributed by atoms with Crippen molar-refractivity contribution < 1.29 is 14.3 Å². The van der Waals surface area contributed by atoms with Crippen molar-refractivity contribution in [3.8, 4) is 5.75 Å². The fourth-order valence-electron chi connectivity index (χ4n) is 2.43. The van der Waals surface area contributed by atoms with Crippen LogP contribution in [0.5, 0.6) is 5.75 Å². The summed E-state index contributed by atoms with van der Waals surface area (Å²) in [5.74, 6) is 0.0742. The SMILES string of the molecule is Cc1ccc(C)c(OCC(=O)NCC(=O)Nc2c(C)cccc2C)c1. The second-order valence-electron chi connectivity index (χ2n) is 6.15. The van der Waals surface area contributed by atoms with E-state index in [9.17, 15) is 9.59 Å². The largest absolute Gasteiger partial charge is 0.483 e. The maximum Gasteiger partial charge on any atom is 0.258 e. The van der Waals surface area contributed by atoms with E-state index in [1.54, 1.807) is 0 Å². The first-order chi connectivity index (χ1) is 11.9. The van der Waals surface area contributed by atoms with Gasteiger partial charge in [0.2, 0.25) is 5.91 Å². The molecule has 2 N–H and O–H groups in total. The molecular formula is C20H24N2O3. The normalized spacial score (nSPS) is 10.2. The molecule has 0 radical (unpaired) electrons. The fourth-order valence-corrected chi connectivity index (χ4v) is 2.43. The number of carbonyl (C=O) groups is 2. The summed E-state index contributed by atoms with van der Waals surface area (Å²) in [4.78, 5) is 23.9. The lowest BCUT2D eigenvalue weighted by Gasteiger charge is -2.12. The topological polar surface area (TPSA) is 67.4 Å². The smallest absolute Gasteiger partial charge is 0.258 e. The van der Waals surface area contributed by atoms with Gasteiger partial charge in [-0.05, 0) is 56.0 Å². The lowest BCUT2D eigenvalue weighted by molar-refractivity contribution is -0.125. The quantitative estimate of drug-likeness (QED) is 0.849. The van der Waals surface area contributed by atoms with Gasteiger partial charge >= 0.3 is 0 Å². The van der Waals surface area contributed by atoms with E-state index in [4.69, 9.17) is 4.74 Å². The van der Waals surface area contributed by atoms with Crippen molar-refractivity contribution >= 4 is 17.5 Å². The molecule has 0 heterocycles. The first-order valence-electron chi connectivity index (χ1n) is 8.19. The summed E-state index contributed by atoms with van der Waals surface area (Å²) in [7, 11) is 0. The molecule has 2 aromatic rings. The molecule has 0 atom stereocenters. The van der Waals surface area contributed by atoms with Crippen LogP contribution in [-0.4, -0.2) is 25.0 Å². The van der Waals surface area contributed by atoms with Crippen molar-refractivity contribution in [2.75, 3.05) is 18.5 Å². The summed E-state index contributed by atoms with van der Waals surface area (Å²) < 4.78 is 5.52. The first kappa shape index (κ1) is 18.5. The van der Waals surface area contributed by atoms with E-state index in [0.29, 0.717) is 5.75 Å². The standard InChI is InChI=1S/C20H24N2O3/c1-13-8-9-14(2)17(10-13)25-12-19(24)21-11-18(23)22-20-15(3)6-5-7-16(20)4/h5-10H,11-12H2,1-4H3,(H,21,24)(H,22,23). The van der Waals surface area contributed by atoms with Crippen molar-refractivity contribution in [1.29, 1.82) is 0 Å². The monoisotopic (exact) mass is 340 g/mol. The minimum Gasteiger partial charge on any atom is -0.483 e. The number of para-hydroxylation sites is 1. The van der Waals surface area contributed by atoms with Gasteiger partial charge in [0.05, 0.1) is 6.54 Å². The van der Waals surface area contributed by atoms with Crippen LogP contribution in [0.3, 0.4) is 0 Å². The van der Waals surface area contributed by atoms with Crippen molar-refractivity contribution in [2.45, 2.75) is 27.7 Å². The van der Waals surface area contributed by atoms with Gasteiger partial charge in [-0.2, -0.15) is 0 Å². The van der Waals surface area contributed by atoms with Gasteiger partial charge in [-0.3, -0.25) is 9.59 Å². The number of amides is 2. The molecule has 0 saturated heterocycles. The molecule has 0 bridgehead atoms. The van der Waals surface area contributed by atoms with Crippen LogP contribution in [0, 0.1) is 27.7 Å². The summed E-state index contributed by atoms with van der Waals surface area (Å²) in [6.45, 7) is 7.52. The number of nitrogens with one attached hydrogen (secondary N) is 2. The summed E-state index contributed by atoms with van der Waals surface area (Å²) >= 11 is 0. The van der Waals surface area contributed by atoms with Gasteiger partial charge in [0.25, 0.3) is 5.91 Å². The number of carbonyl (C=O) groups excluding carboxylic acids is 2. The molecule has 25 heavy (non-hydrogen) atoms. The third-order valence-corrected chi connectivity index (χ3v) is 3.89. The zero-order valence-electron chi connectivity index (χ0n) is 15.1. The molecule has 0 fully saturated rings. The molecule has 5 heteroatoms. The highest BCUT2D eigenvalue weighted by molar-refractivity contribution is 5.95. The molecule has 5 nitrogen and oxygen atoms in total. The molecule has 0 aliphatic rings. The average Bonchev–Trinajstić information content (AvgIpc) is 2.57. The van der Waals surface area contributed by atoms with Crippen molar-refractivity contribution in [3.63, 3.8) is 0 Å². The first-order valence-corrected chi connectivity index (χ1v) is 8.19. The Hall–Kier alpha value is -2.82. The van der Waals surface area contributed by atoms with Gasteiger partial charge < -0.3 is 15.4 Å². The highest BCUT2D eigenvalue weighted by Gasteiger charge is 2.10.